The number of carbonyl (C=O) groups excluding carboxylic acids is 1. The maximum Gasteiger partial charge on any atom is 0.416 e. The smallest absolute Gasteiger partial charge is 0.322 e. The minimum absolute atomic E-state index is 0.0650. The first-order chi connectivity index (χ1) is 17.9. The minimum atomic E-state index is -4.58. The van der Waals surface area contributed by atoms with Gasteiger partial charge in [0.25, 0.3) is 12.3 Å². The minimum Gasteiger partial charge on any atom is -0.322 e. The van der Waals surface area contributed by atoms with Gasteiger partial charge in [-0.3, -0.25) is 4.79 Å². The Labute approximate surface area is 212 Å². The van der Waals surface area contributed by atoms with Crippen molar-refractivity contribution in [3.05, 3.63) is 77.6 Å². The average molecular weight is 551 g/mol. The summed E-state index contributed by atoms with van der Waals surface area (Å²) in [6.07, 6.45) is -5.11. The summed E-state index contributed by atoms with van der Waals surface area (Å²) in [5, 5.41) is 6.35. The van der Waals surface area contributed by atoms with Crippen molar-refractivity contribution in [2.24, 2.45) is 0 Å². The van der Waals surface area contributed by atoms with E-state index in [9.17, 15) is 35.2 Å². The van der Waals surface area contributed by atoms with Crippen LogP contribution in [-0.2, 0) is 16.2 Å². The van der Waals surface area contributed by atoms with Crippen molar-refractivity contribution in [1.82, 2.24) is 19.3 Å². The number of alkyl halides is 5. The summed E-state index contributed by atoms with van der Waals surface area (Å²) in [5.41, 5.74) is -1.84. The van der Waals surface area contributed by atoms with Gasteiger partial charge in [0.05, 0.1) is 22.3 Å². The predicted octanol–water partition coefficient (Wildman–Crippen LogP) is 5.05. The zero-order chi connectivity index (χ0) is 27.2. The lowest BCUT2D eigenvalue weighted by molar-refractivity contribution is -0.137. The first-order valence-electron chi connectivity index (χ1n) is 11.2. The topological polar surface area (TPSA) is 105 Å². The summed E-state index contributed by atoms with van der Waals surface area (Å²) in [7, 11) is -3.79. The van der Waals surface area contributed by atoms with Crippen molar-refractivity contribution in [3.8, 4) is 11.3 Å². The van der Waals surface area contributed by atoms with Crippen molar-refractivity contribution < 1.29 is 35.2 Å². The summed E-state index contributed by atoms with van der Waals surface area (Å²) in [5.74, 6) is -0.804. The normalized spacial score (nSPS) is 14.3. The predicted molar refractivity (Wildman–Crippen MR) is 126 cm³/mol. The Kier molecular flexibility index (Phi) is 6.39. The van der Waals surface area contributed by atoms with Crippen molar-refractivity contribution in [1.29, 1.82) is 0 Å². The van der Waals surface area contributed by atoms with Gasteiger partial charge in [-0.1, -0.05) is 18.2 Å². The van der Waals surface area contributed by atoms with Gasteiger partial charge < -0.3 is 5.32 Å². The van der Waals surface area contributed by atoms with Gasteiger partial charge in [0.15, 0.2) is 5.65 Å². The molecule has 0 aliphatic heterocycles. The molecule has 1 fully saturated rings. The number of amides is 1. The molecular weight excluding hydrogens is 533 g/mol. The van der Waals surface area contributed by atoms with E-state index in [1.165, 1.54) is 24.3 Å². The molecule has 5 rings (SSSR count). The molecule has 198 valence electrons. The SMILES string of the molecule is O=C(Nc1cccc(S(=O)(=O)NC2CC2)c1)c1cnn2c(C(F)F)cc(-c3ccc(C(F)(F)F)cc3)nc12. The van der Waals surface area contributed by atoms with E-state index in [1.54, 1.807) is 0 Å². The third-order valence-electron chi connectivity index (χ3n) is 5.78. The lowest BCUT2D eigenvalue weighted by Gasteiger charge is -2.11. The monoisotopic (exact) mass is 551 g/mol. The van der Waals surface area contributed by atoms with E-state index < -0.39 is 39.8 Å². The molecule has 1 aliphatic carbocycles. The summed E-state index contributed by atoms with van der Waals surface area (Å²) in [4.78, 5) is 17.2. The number of hydrogen-bond donors (Lipinski definition) is 2. The molecule has 8 nitrogen and oxygen atoms in total. The number of nitrogens with zero attached hydrogens (tertiary/aromatic N) is 3. The summed E-state index contributed by atoms with van der Waals surface area (Å²) < 4.78 is 94.7. The summed E-state index contributed by atoms with van der Waals surface area (Å²) in [6.45, 7) is 0. The molecule has 0 radical (unpaired) electrons. The molecule has 0 bridgehead atoms. The Morgan fingerprint density at radius 3 is 2.39 bits per heavy atom. The van der Waals surface area contributed by atoms with E-state index in [4.69, 9.17) is 0 Å². The maximum atomic E-state index is 13.8. The molecule has 2 N–H and O–H groups in total. The number of nitrogens with one attached hydrogen (secondary N) is 2. The highest BCUT2D eigenvalue weighted by Gasteiger charge is 2.30. The number of benzene rings is 2. The number of carbonyl (C=O) groups is 1. The van der Waals surface area contributed by atoms with Crippen molar-refractivity contribution in [2.75, 3.05) is 5.32 Å². The molecule has 2 aromatic heterocycles. The number of fused-ring (bicyclic) bond motifs is 1. The number of anilines is 1. The van der Waals surface area contributed by atoms with Crippen molar-refractivity contribution >= 4 is 27.3 Å². The van der Waals surface area contributed by atoms with Gasteiger partial charge >= 0.3 is 6.18 Å². The van der Waals surface area contributed by atoms with Crippen LogP contribution in [0.4, 0.5) is 27.6 Å². The highest BCUT2D eigenvalue weighted by atomic mass is 32.2. The highest BCUT2D eigenvalue weighted by molar-refractivity contribution is 7.89. The third-order valence-corrected chi connectivity index (χ3v) is 7.30. The van der Waals surface area contributed by atoms with Crippen LogP contribution in [0, 0.1) is 0 Å². The number of rotatable bonds is 7. The fraction of sp³-hybridized carbons (Fsp3) is 0.208. The third kappa shape index (κ3) is 5.22. The van der Waals surface area contributed by atoms with Crippen LogP contribution in [0.1, 0.15) is 40.9 Å². The molecule has 4 aromatic rings. The zero-order valence-corrected chi connectivity index (χ0v) is 20.0. The Bertz CT molecular complexity index is 1630. The van der Waals surface area contributed by atoms with E-state index >= 15 is 0 Å². The fourth-order valence-corrected chi connectivity index (χ4v) is 5.06. The second-order valence-corrected chi connectivity index (χ2v) is 10.3. The lowest BCUT2D eigenvalue weighted by Crippen LogP contribution is -2.25. The Morgan fingerprint density at radius 1 is 1.05 bits per heavy atom. The molecule has 1 amide bonds. The van der Waals surface area contributed by atoms with Crippen LogP contribution in [0.2, 0.25) is 0 Å². The van der Waals surface area contributed by atoms with Crippen LogP contribution in [0.15, 0.2) is 65.7 Å². The number of aromatic nitrogens is 3. The van der Waals surface area contributed by atoms with Crippen LogP contribution >= 0.6 is 0 Å². The average Bonchev–Trinajstić information content (AvgIpc) is 3.56. The summed E-state index contributed by atoms with van der Waals surface area (Å²) >= 11 is 0. The van der Waals surface area contributed by atoms with Gasteiger partial charge in [0.2, 0.25) is 10.0 Å². The van der Waals surface area contributed by atoms with Gasteiger partial charge in [-0.2, -0.15) is 18.3 Å². The van der Waals surface area contributed by atoms with Crippen molar-refractivity contribution in [3.63, 3.8) is 0 Å². The van der Waals surface area contributed by atoms with Crippen LogP contribution < -0.4 is 10.0 Å². The first kappa shape index (κ1) is 25.7. The number of sulfonamides is 1. The number of hydrogen-bond acceptors (Lipinski definition) is 5. The van der Waals surface area contributed by atoms with Gasteiger partial charge in [-0.05, 0) is 49.2 Å². The van der Waals surface area contributed by atoms with E-state index in [2.05, 4.69) is 20.1 Å². The maximum absolute atomic E-state index is 13.8. The molecule has 38 heavy (non-hydrogen) atoms. The molecule has 0 saturated heterocycles. The fourth-order valence-electron chi connectivity index (χ4n) is 3.71. The molecule has 0 atom stereocenters. The van der Waals surface area contributed by atoms with Crippen LogP contribution in [0.3, 0.4) is 0 Å². The van der Waals surface area contributed by atoms with E-state index in [-0.39, 0.29) is 39.1 Å². The Hall–Kier alpha value is -3.91. The highest BCUT2D eigenvalue weighted by Crippen LogP contribution is 2.32. The van der Waals surface area contributed by atoms with E-state index in [1.807, 2.05) is 0 Å². The van der Waals surface area contributed by atoms with Crippen LogP contribution in [0.5, 0.6) is 0 Å². The Balaban J connectivity index is 1.49. The largest absolute Gasteiger partial charge is 0.416 e. The van der Waals surface area contributed by atoms with Gasteiger partial charge in [-0.25, -0.2) is 31.4 Å². The van der Waals surface area contributed by atoms with Crippen LogP contribution in [0.25, 0.3) is 16.9 Å². The zero-order valence-electron chi connectivity index (χ0n) is 19.2. The van der Waals surface area contributed by atoms with E-state index in [0.717, 1.165) is 53.9 Å². The first-order valence-corrected chi connectivity index (χ1v) is 12.7. The molecule has 14 heteroatoms. The van der Waals surface area contributed by atoms with Gasteiger partial charge in [0, 0.05) is 17.3 Å². The Morgan fingerprint density at radius 2 is 1.76 bits per heavy atom. The molecule has 2 aromatic carbocycles. The molecular formula is C24H18F5N5O3S. The van der Waals surface area contributed by atoms with Gasteiger partial charge in [-0.15, -0.1) is 0 Å². The molecule has 0 unspecified atom stereocenters. The van der Waals surface area contributed by atoms with Crippen LogP contribution in [-0.4, -0.2) is 35.0 Å². The molecule has 2 heterocycles. The quantitative estimate of drug-likeness (QED) is 0.313. The second-order valence-electron chi connectivity index (χ2n) is 8.61. The summed E-state index contributed by atoms with van der Waals surface area (Å²) in [6, 6.07) is 10.1. The molecule has 1 aliphatic rings. The van der Waals surface area contributed by atoms with Crippen molar-refractivity contribution in [2.45, 2.75) is 36.4 Å². The number of halogens is 5. The van der Waals surface area contributed by atoms with Gasteiger partial charge in [0.1, 0.15) is 11.3 Å². The standard InChI is InChI=1S/C24H18F5N5O3S/c25-21(26)20-11-19(13-4-6-14(7-5-13)24(27,28)29)32-22-18(12-30-34(20)22)23(35)31-16-2-1-3-17(10-16)38(36,37)33-15-8-9-15/h1-7,10-12,15,21,33H,8-9H2,(H,31,35). The molecule has 1 saturated carbocycles. The van der Waals surface area contributed by atoms with E-state index in [0.29, 0.717) is 0 Å². The molecule has 0 spiro atoms. The second kappa shape index (κ2) is 9.44. The lowest BCUT2D eigenvalue weighted by atomic mass is 10.1.